The molecule has 0 aliphatic carbocycles. The third kappa shape index (κ3) is 4.61. The van der Waals surface area contributed by atoms with Crippen LogP contribution in [-0.4, -0.2) is 25.6 Å². The first kappa shape index (κ1) is 17.8. The van der Waals surface area contributed by atoms with Gasteiger partial charge in [-0.15, -0.1) is 0 Å². The molecule has 114 valence electrons. The first-order valence-corrected chi connectivity index (χ1v) is 11.8. The van der Waals surface area contributed by atoms with Gasteiger partial charge in [0.05, 0.1) is 19.4 Å². The van der Waals surface area contributed by atoms with Gasteiger partial charge in [0, 0.05) is 0 Å². The van der Waals surface area contributed by atoms with Crippen LogP contribution in [0.1, 0.15) is 40.0 Å². The number of hydrogen-bond donors (Lipinski definition) is 0. The van der Waals surface area contributed by atoms with Crippen LogP contribution in [0.2, 0.25) is 0 Å². The van der Waals surface area contributed by atoms with Gasteiger partial charge in [-0.3, -0.25) is 9.13 Å². The van der Waals surface area contributed by atoms with Gasteiger partial charge in [0.2, 0.25) is 0 Å². The van der Waals surface area contributed by atoms with E-state index in [1.165, 1.54) is 7.11 Å². The maximum atomic E-state index is 12.6. The molecule has 0 saturated carbocycles. The smallest absolute Gasteiger partial charge is 0.256 e. The molecule has 1 heterocycles. The van der Waals surface area contributed by atoms with Gasteiger partial charge in [-0.1, -0.05) is 29.4 Å². The summed E-state index contributed by atoms with van der Waals surface area (Å²) in [6, 6.07) is 0. The van der Waals surface area contributed by atoms with E-state index < -0.39 is 23.1 Å². The van der Waals surface area contributed by atoms with Crippen molar-refractivity contribution in [2.45, 2.75) is 40.0 Å². The zero-order valence-electron chi connectivity index (χ0n) is 12.0. The lowest BCUT2D eigenvalue weighted by molar-refractivity contribution is 0.230. The van der Waals surface area contributed by atoms with Crippen molar-refractivity contribution in [2.75, 3.05) is 25.6 Å². The first-order valence-electron chi connectivity index (χ1n) is 6.62. The van der Waals surface area contributed by atoms with Gasteiger partial charge in [0.25, 0.3) is 0 Å². The average molecular weight is 333 g/mol. The van der Waals surface area contributed by atoms with E-state index in [1.54, 1.807) is 0 Å². The fourth-order valence-corrected chi connectivity index (χ4v) is 11.9. The predicted molar refractivity (Wildman–Crippen MR) is 77.9 cm³/mol. The maximum absolute atomic E-state index is 12.6. The number of rotatable bonds is 7. The molecule has 9 heteroatoms. The molecule has 0 aromatic carbocycles. The second-order valence-electron chi connectivity index (χ2n) is 4.43. The molecule has 0 N–H and O–H groups in total. The lowest BCUT2D eigenvalue weighted by atomic mass is 10.6. The van der Waals surface area contributed by atoms with Crippen molar-refractivity contribution in [2.24, 2.45) is 0 Å². The van der Waals surface area contributed by atoms with Crippen LogP contribution in [-0.2, 0) is 26.6 Å². The normalized spacial score (nSPS) is 39.4. The average Bonchev–Trinajstić information content (AvgIpc) is 2.27. The predicted octanol–water partition coefficient (Wildman–Crippen LogP) is 5.08. The second kappa shape index (κ2) is 7.13. The lowest BCUT2D eigenvalue weighted by Gasteiger charge is -2.32. The summed E-state index contributed by atoms with van der Waals surface area (Å²) in [5, 5.41) is 0. The summed E-state index contributed by atoms with van der Waals surface area (Å²) in [4.78, 5) is 0. The van der Waals surface area contributed by atoms with Crippen LogP contribution >= 0.6 is 23.1 Å². The van der Waals surface area contributed by atoms with Crippen molar-refractivity contribution in [3.05, 3.63) is 0 Å². The fourth-order valence-electron chi connectivity index (χ4n) is 1.84. The summed E-state index contributed by atoms with van der Waals surface area (Å²) in [7, 11) is -8.17. The van der Waals surface area contributed by atoms with E-state index >= 15 is 0 Å². The lowest BCUT2D eigenvalue weighted by Crippen LogP contribution is -2.16. The van der Waals surface area contributed by atoms with Crippen molar-refractivity contribution in [1.29, 1.82) is 0 Å². The Labute approximate surface area is 116 Å². The maximum Gasteiger partial charge on any atom is 0.430 e. The monoisotopic (exact) mass is 333 g/mol. The van der Waals surface area contributed by atoms with Gasteiger partial charge >= 0.3 is 23.1 Å². The van der Waals surface area contributed by atoms with Gasteiger partial charge < -0.3 is 0 Å². The van der Waals surface area contributed by atoms with E-state index in [0.717, 1.165) is 6.42 Å². The van der Waals surface area contributed by atoms with E-state index in [4.69, 9.17) is 17.5 Å². The van der Waals surface area contributed by atoms with Crippen LogP contribution in [0.4, 0.5) is 0 Å². The Balaban J connectivity index is 3.08. The molecule has 0 amide bonds. The van der Waals surface area contributed by atoms with Crippen LogP contribution in [0.3, 0.4) is 0 Å². The highest BCUT2D eigenvalue weighted by molar-refractivity contribution is 7.83. The summed E-state index contributed by atoms with van der Waals surface area (Å²) < 4.78 is 47.0. The van der Waals surface area contributed by atoms with Crippen molar-refractivity contribution in [3.8, 4) is 0 Å². The molecule has 2 unspecified atom stereocenters. The molecule has 19 heavy (non-hydrogen) atoms. The Morgan fingerprint density at radius 1 is 0.947 bits per heavy atom. The van der Waals surface area contributed by atoms with Crippen LogP contribution in [0.25, 0.3) is 0 Å². The summed E-state index contributed by atoms with van der Waals surface area (Å²) in [5.41, 5.74) is 0. The molecule has 1 fully saturated rings. The SMILES string of the molecule is CCCP1(=O)OP(=O)(CCC)O[P+](CCC)(OC)O1. The Morgan fingerprint density at radius 2 is 1.42 bits per heavy atom. The minimum absolute atomic E-state index is 0.235. The van der Waals surface area contributed by atoms with E-state index in [9.17, 15) is 9.13 Å². The second-order valence-corrected chi connectivity index (χ2v) is 11.8. The fraction of sp³-hybridized carbons (Fsp3) is 1.00. The molecule has 1 rings (SSSR count). The van der Waals surface area contributed by atoms with Gasteiger partial charge in [-0.05, 0) is 19.3 Å². The van der Waals surface area contributed by atoms with E-state index in [2.05, 4.69) is 0 Å². The van der Waals surface area contributed by atoms with E-state index in [1.807, 2.05) is 20.8 Å². The Kier molecular flexibility index (Phi) is 6.68. The van der Waals surface area contributed by atoms with Gasteiger partial charge in [0.15, 0.2) is 0 Å². The van der Waals surface area contributed by atoms with Gasteiger partial charge in [-0.2, -0.15) is 4.52 Å². The van der Waals surface area contributed by atoms with Crippen molar-refractivity contribution in [3.63, 3.8) is 0 Å². The molecule has 0 aromatic heterocycles. The molecule has 1 saturated heterocycles. The molecule has 2 atom stereocenters. The third-order valence-electron chi connectivity index (χ3n) is 2.52. The van der Waals surface area contributed by atoms with Crippen LogP contribution in [0, 0.1) is 0 Å². The van der Waals surface area contributed by atoms with Crippen LogP contribution in [0.15, 0.2) is 0 Å². The van der Waals surface area contributed by atoms with Crippen molar-refractivity contribution >= 4 is 23.1 Å². The minimum atomic E-state index is -3.40. The molecule has 0 aromatic rings. The molecule has 6 nitrogen and oxygen atoms in total. The molecule has 0 spiro atoms. The summed E-state index contributed by atoms with van der Waals surface area (Å²) >= 11 is 0. The largest absolute Gasteiger partial charge is 0.430 e. The van der Waals surface area contributed by atoms with Gasteiger partial charge in [-0.25, -0.2) is 4.31 Å². The highest BCUT2D eigenvalue weighted by Gasteiger charge is 2.62. The quantitative estimate of drug-likeness (QED) is 0.605. The zero-order chi connectivity index (χ0) is 14.6. The highest BCUT2D eigenvalue weighted by Crippen LogP contribution is 2.87. The molecule has 0 bridgehead atoms. The van der Waals surface area contributed by atoms with Gasteiger partial charge in [0.1, 0.15) is 6.16 Å². The molecule has 1 aliphatic heterocycles. The van der Waals surface area contributed by atoms with E-state index in [-0.39, 0.29) is 12.3 Å². The molecular formula is C10H24O6P3+. The van der Waals surface area contributed by atoms with Crippen LogP contribution < -0.4 is 0 Å². The molecule has 0 radical (unpaired) electrons. The standard InChI is InChI=1S/C10H24O6P3/c1-5-8-17(11)14-18(12,9-6-2)16-19(13-4,15-17)10-7-3/h5-10H2,1-4H3/q+1. The Bertz CT molecular complexity index is 357. The molecule has 1 aliphatic rings. The van der Waals surface area contributed by atoms with Crippen molar-refractivity contribution in [1.82, 2.24) is 0 Å². The summed E-state index contributed by atoms with van der Waals surface area (Å²) in [5.74, 6) is 0. The number of hydrogen-bond acceptors (Lipinski definition) is 6. The molecular weight excluding hydrogens is 309 g/mol. The van der Waals surface area contributed by atoms with E-state index in [0.29, 0.717) is 19.0 Å². The van der Waals surface area contributed by atoms with Crippen molar-refractivity contribution < 1.29 is 26.6 Å². The zero-order valence-corrected chi connectivity index (χ0v) is 14.7. The Hall–Kier alpha value is 0.730. The topological polar surface area (TPSA) is 71.1 Å². The van der Waals surface area contributed by atoms with Crippen LogP contribution in [0.5, 0.6) is 0 Å². The third-order valence-corrected chi connectivity index (χ3v) is 12.0. The minimum Gasteiger partial charge on any atom is -0.256 e. The first-order chi connectivity index (χ1) is 8.86. The summed E-state index contributed by atoms with van der Waals surface area (Å²) in [6.45, 7) is 5.69. The summed E-state index contributed by atoms with van der Waals surface area (Å²) in [6.07, 6.45) is 2.92. The highest BCUT2D eigenvalue weighted by atomic mass is 31.3. The Morgan fingerprint density at radius 3 is 1.74 bits per heavy atom.